The van der Waals surface area contributed by atoms with E-state index in [-0.39, 0.29) is 0 Å². The highest BCUT2D eigenvalue weighted by Crippen LogP contribution is 2.34. The normalized spacial score (nSPS) is 11.6. The van der Waals surface area contributed by atoms with Gasteiger partial charge in [-0.05, 0) is 48.0 Å². The summed E-state index contributed by atoms with van der Waals surface area (Å²) in [5.74, 6) is 0.562. The highest BCUT2D eigenvalue weighted by atomic mass is 35.5. The molecule has 0 radical (unpaired) electrons. The third-order valence-corrected chi connectivity index (χ3v) is 4.41. The molecule has 3 aromatic rings. The maximum absolute atomic E-state index is 12.5. The van der Waals surface area contributed by atoms with Crippen molar-refractivity contribution in [1.29, 1.82) is 0 Å². The molecule has 7 heteroatoms. The molecule has 2 N–H and O–H groups in total. The fraction of sp³-hybridized carbons (Fsp3) is 0.143. The molecule has 28 heavy (non-hydrogen) atoms. The number of hydrogen-bond acceptors (Lipinski definition) is 5. The number of benzene rings is 2. The van der Waals surface area contributed by atoms with Crippen LogP contribution in [0.1, 0.15) is 11.7 Å². The van der Waals surface area contributed by atoms with E-state index in [2.05, 4.69) is 10.3 Å². The standard InChI is InChI=1S/C21H19ClN2O4/c1-27-17-10-7-14(12-18(17)28-2)19-16(4-3-11-23-19)24-21(26)20(25)13-5-8-15(22)9-6-13/h3-12,20,25H,1-2H3,(H,24,26). The first-order chi connectivity index (χ1) is 13.5. The molecule has 0 saturated carbocycles. The topological polar surface area (TPSA) is 80.7 Å². The summed E-state index contributed by atoms with van der Waals surface area (Å²) in [5.41, 5.74) is 2.18. The number of nitrogens with one attached hydrogen (secondary N) is 1. The second-order valence-electron chi connectivity index (χ2n) is 5.91. The molecule has 0 aliphatic rings. The third-order valence-electron chi connectivity index (χ3n) is 4.16. The van der Waals surface area contributed by atoms with Gasteiger partial charge in [-0.1, -0.05) is 23.7 Å². The van der Waals surface area contributed by atoms with Crippen molar-refractivity contribution < 1.29 is 19.4 Å². The van der Waals surface area contributed by atoms with E-state index in [9.17, 15) is 9.90 Å². The number of carbonyl (C=O) groups excluding carboxylic acids is 1. The molecule has 2 aromatic carbocycles. The molecular formula is C21H19ClN2O4. The largest absolute Gasteiger partial charge is 0.493 e. The zero-order chi connectivity index (χ0) is 20.1. The van der Waals surface area contributed by atoms with Gasteiger partial charge in [0.25, 0.3) is 5.91 Å². The van der Waals surface area contributed by atoms with E-state index >= 15 is 0 Å². The van der Waals surface area contributed by atoms with Crippen LogP contribution in [-0.4, -0.2) is 30.2 Å². The summed E-state index contributed by atoms with van der Waals surface area (Å²) in [6, 6.07) is 15.2. The highest BCUT2D eigenvalue weighted by Gasteiger charge is 2.19. The van der Waals surface area contributed by atoms with Crippen molar-refractivity contribution in [2.45, 2.75) is 6.10 Å². The maximum atomic E-state index is 12.5. The second-order valence-corrected chi connectivity index (χ2v) is 6.35. The molecule has 144 valence electrons. The van der Waals surface area contributed by atoms with Gasteiger partial charge in [0.2, 0.25) is 0 Å². The summed E-state index contributed by atoms with van der Waals surface area (Å²) in [7, 11) is 3.10. The van der Waals surface area contributed by atoms with Crippen LogP contribution in [0.5, 0.6) is 11.5 Å². The lowest BCUT2D eigenvalue weighted by Gasteiger charge is -2.15. The van der Waals surface area contributed by atoms with E-state index in [0.717, 1.165) is 5.56 Å². The molecule has 1 atom stereocenters. The van der Waals surface area contributed by atoms with Gasteiger partial charge in [-0.3, -0.25) is 9.78 Å². The van der Waals surface area contributed by atoms with Gasteiger partial charge in [-0.2, -0.15) is 0 Å². The quantitative estimate of drug-likeness (QED) is 0.653. The van der Waals surface area contributed by atoms with E-state index in [1.807, 2.05) is 6.07 Å². The molecular weight excluding hydrogens is 380 g/mol. The Morgan fingerprint density at radius 2 is 1.79 bits per heavy atom. The minimum absolute atomic E-state index is 0.443. The number of pyridine rings is 1. The number of amides is 1. The number of aliphatic hydroxyl groups is 1. The van der Waals surface area contributed by atoms with E-state index < -0.39 is 12.0 Å². The fourth-order valence-electron chi connectivity index (χ4n) is 2.72. The molecule has 1 unspecified atom stereocenters. The van der Waals surface area contributed by atoms with Gasteiger partial charge in [0, 0.05) is 16.8 Å². The number of methoxy groups -OCH3 is 2. The minimum Gasteiger partial charge on any atom is -0.493 e. The van der Waals surface area contributed by atoms with E-state index in [4.69, 9.17) is 21.1 Å². The zero-order valence-corrected chi connectivity index (χ0v) is 16.1. The van der Waals surface area contributed by atoms with Crippen LogP contribution in [-0.2, 0) is 4.79 Å². The molecule has 1 amide bonds. The molecule has 0 saturated heterocycles. The van der Waals surface area contributed by atoms with E-state index in [1.165, 1.54) is 0 Å². The number of aromatic nitrogens is 1. The predicted octanol–water partition coefficient (Wildman–Crippen LogP) is 4.09. The van der Waals surface area contributed by atoms with E-state index in [0.29, 0.717) is 33.5 Å². The lowest BCUT2D eigenvalue weighted by atomic mass is 10.1. The molecule has 0 aliphatic carbocycles. The molecule has 6 nitrogen and oxygen atoms in total. The van der Waals surface area contributed by atoms with Gasteiger partial charge in [0.05, 0.1) is 25.6 Å². The smallest absolute Gasteiger partial charge is 0.257 e. The first-order valence-electron chi connectivity index (χ1n) is 8.45. The summed E-state index contributed by atoms with van der Waals surface area (Å²) in [5, 5.41) is 13.6. The Hall–Kier alpha value is -3.09. The van der Waals surface area contributed by atoms with Crippen molar-refractivity contribution in [3.63, 3.8) is 0 Å². The molecule has 0 fully saturated rings. The average molecular weight is 399 g/mol. The Morgan fingerprint density at radius 3 is 2.46 bits per heavy atom. The Kier molecular flexibility index (Phi) is 6.13. The van der Waals surface area contributed by atoms with Crippen LogP contribution >= 0.6 is 11.6 Å². The Morgan fingerprint density at radius 1 is 1.07 bits per heavy atom. The van der Waals surface area contributed by atoms with Crippen molar-refractivity contribution in [1.82, 2.24) is 4.98 Å². The average Bonchev–Trinajstić information content (AvgIpc) is 2.73. The zero-order valence-electron chi connectivity index (χ0n) is 15.3. The second kappa shape index (κ2) is 8.73. The number of aliphatic hydroxyl groups excluding tert-OH is 1. The van der Waals surface area contributed by atoms with Crippen molar-refractivity contribution in [3.8, 4) is 22.8 Å². The number of nitrogens with zero attached hydrogens (tertiary/aromatic N) is 1. The lowest BCUT2D eigenvalue weighted by Crippen LogP contribution is -2.21. The SMILES string of the molecule is COc1ccc(-c2ncccc2NC(=O)C(O)c2ccc(Cl)cc2)cc1OC. The summed E-state index contributed by atoms with van der Waals surface area (Å²) in [6.07, 6.45) is 0.285. The first-order valence-corrected chi connectivity index (χ1v) is 8.83. The van der Waals surface area contributed by atoms with Crippen LogP contribution in [0.15, 0.2) is 60.8 Å². The first kappa shape index (κ1) is 19.7. The summed E-state index contributed by atoms with van der Waals surface area (Å²) >= 11 is 5.85. The van der Waals surface area contributed by atoms with E-state index in [1.54, 1.807) is 68.9 Å². The number of hydrogen-bond donors (Lipinski definition) is 2. The summed E-state index contributed by atoms with van der Waals surface area (Å²) in [4.78, 5) is 16.9. The van der Waals surface area contributed by atoms with Gasteiger partial charge in [0.15, 0.2) is 17.6 Å². The molecule has 0 aliphatic heterocycles. The van der Waals surface area contributed by atoms with Gasteiger partial charge in [0.1, 0.15) is 0 Å². The van der Waals surface area contributed by atoms with Crippen molar-refractivity contribution in [2.24, 2.45) is 0 Å². The highest BCUT2D eigenvalue weighted by molar-refractivity contribution is 6.30. The number of rotatable bonds is 6. The predicted molar refractivity (Wildman–Crippen MR) is 108 cm³/mol. The minimum atomic E-state index is -1.34. The van der Waals surface area contributed by atoms with Gasteiger partial charge in [-0.15, -0.1) is 0 Å². The van der Waals surface area contributed by atoms with Crippen molar-refractivity contribution in [3.05, 3.63) is 71.4 Å². The number of ether oxygens (including phenoxy) is 2. The maximum Gasteiger partial charge on any atom is 0.257 e. The molecule has 1 aromatic heterocycles. The van der Waals surface area contributed by atoms with Crippen LogP contribution < -0.4 is 14.8 Å². The Bertz CT molecular complexity index is 976. The van der Waals surface area contributed by atoms with Gasteiger partial charge < -0.3 is 19.9 Å². The number of halogens is 1. The van der Waals surface area contributed by atoms with Crippen LogP contribution in [0, 0.1) is 0 Å². The summed E-state index contributed by atoms with van der Waals surface area (Å²) < 4.78 is 10.6. The Balaban J connectivity index is 1.88. The molecule has 3 rings (SSSR count). The monoisotopic (exact) mass is 398 g/mol. The van der Waals surface area contributed by atoms with Crippen LogP contribution in [0.25, 0.3) is 11.3 Å². The van der Waals surface area contributed by atoms with Gasteiger partial charge in [-0.25, -0.2) is 0 Å². The van der Waals surface area contributed by atoms with Gasteiger partial charge >= 0.3 is 0 Å². The molecule has 0 bridgehead atoms. The van der Waals surface area contributed by atoms with Crippen LogP contribution in [0.4, 0.5) is 5.69 Å². The van der Waals surface area contributed by atoms with Crippen LogP contribution in [0.3, 0.4) is 0 Å². The third kappa shape index (κ3) is 4.24. The van der Waals surface area contributed by atoms with Crippen molar-refractivity contribution in [2.75, 3.05) is 19.5 Å². The summed E-state index contributed by atoms with van der Waals surface area (Å²) in [6.45, 7) is 0. The fourth-order valence-corrected chi connectivity index (χ4v) is 2.84. The lowest BCUT2D eigenvalue weighted by molar-refractivity contribution is -0.124. The molecule has 0 spiro atoms. The number of anilines is 1. The van der Waals surface area contributed by atoms with Crippen molar-refractivity contribution >= 4 is 23.2 Å². The molecule has 1 heterocycles. The van der Waals surface area contributed by atoms with Crippen LogP contribution in [0.2, 0.25) is 5.02 Å². The number of carbonyl (C=O) groups is 1. The Labute approximate surface area is 167 Å².